The predicted octanol–water partition coefficient (Wildman–Crippen LogP) is 4.17. The molecule has 196 valence electrons. The molecule has 1 aromatic heterocycles. The molecule has 0 fully saturated rings. The molecule has 0 bridgehead atoms. The molecule has 0 radical (unpaired) electrons. The third-order valence-corrected chi connectivity index (χ3v) is 7.39. The number of esters is 1. The zero-order valence-corrected chi connectivity index (χ0v) is 23.8. The van der Waals surface area contributed by atoms with Crippen LogP contribution in [0, 0.1) is 18.3 Å². The first kappa shape index (κ1) is 27.4. The van der Waals surface area contributed by atoms with E-state index in [2.05, 4.69) is 20.9 Å². The summed E-state index contributed by atoms with van der Waals surface area (Å²) in [6.07, 6.45) is 1.75. The number of fused-ring (bicyclic) bond motifs is 1. The van der Waals surface area contributed by atoms with Crippen LogP contribution in [0.5, 0.6) is 11.5 Å². The lowest BCUT2D eigenvalue weighted by atomic mass is 9.95. The van der Waals surface area contributed by atoms with Gasteiger partial charge in [-0.1, -0.05) is 41.2 Å². The zero-order chi connectivity index (χ0) is 27.4. The molecule has 2 aromatic carbocycles. The zero-order valence-electron chi connectivity index (χ0n) is 21.4. The number of ether oxygens (including phenoxy) is 3. The Balaban J connectivity index is 1.90. The Morgan fingerprint density at radius 1 is 1.18 bits per heavy atom. The highest BCUT2D eigenvalue weighted by atomic mass is 79.9. The second-order valence-electron chi connectivity index (χ2n) is 8.42. The summed E-state index contributed by atoms with van der Waals surface area (Å²) in [6.45, 7) is 7.82. The van der Waals surface area contributed by atoms with Crippen LogP contribution in [0.2, 0.25) is 0 Å². The maximum atomic E-state index is 13.8. The van der Waals surface area contributed by atoms with Crippen molar-refractivity contribution in [3.8, 4) is 17.6 Å². The quantitative estimate of drug-likeness (QED) is 0.362. The molecule has 3 aromatic rings. The highest BCUT2D eigenvalue weighted by Gasteiger charge is 2.33. The molecule has 1 aliphatic heterocycles. The van der Waals surface area contributed by atoms with Crippen LogP contribution >= 0.6 is 27.3 Å². The van der Waals surface area contributed by atoms with Crippen LogP contribution in [0.25, 0.3) is 6.08 Å². The Morgan fingerprint density at radius 3 is 2.58 bits per heavy atom. The van der Waals surface area contributed by atoms with Crippen molar-refractivity contribution in [1.29, 1.82) is 5.26 Å². The lowest BCUT2D eigenvalue weighted by molar-refractivity contribution is -0.139. The van der Waals surface area contributed by atoms with Gasteiger partial charge in [0.2, 0.25) is 0 Å². The van der Waals surface area contributed by atoms with Crippen molar-refractivity contribution < 1.29 is 19.0 Å². The first-order valence-electron chi connectivity index (χ1n) is 12.0. The van der Waals surface area contributed by atoms with E-state index in [-0.39, 0.29) is 18.8 Å². The molecule has 0 aliphatic carbocycles. The summed E-state index contributed by atoms with van der Waals surface area (Å²) >= 11 is 4.73. The van der Waals surface area contributed by atoms with Gasteiger partial charge in [0.15, 0.2) is 22.9 Å². The molecule has 4 rings (SSSR count). The van der Waals surface area contributed by atoms with Crippen LogP contribution in [0.15, 0.2) is 61.9 Å². The Bertz CT molecular complexity index is 1630. The SMILES string of the molecule is CCOC(=O)C1=C(C)N=c2s/c(=C/c3cc(Br)c(OCC#N)c(OCC)c3)c(=O)n2[C@H]1c1ccc(C)cc1. The lowest BCUT2D eigenvalue weighted by Gasteiger charge is -2.24. The summed E-state index contributed by atoms with van der Waals surface area (Å²) in [5.41, 5.74) is 3.14. The van der Waals surface area contributed by atoms with Crippen molar-refractivity contribution in [2.45, 2.75) is 33.7 Å². The summed E-state index contributed by atoms with van der Waals surface area (Å²) in [5, 5.41) is 8.90. The van der Waals surface area contributed by atoms with E-state index in [4.69, 9.17) is 19.5 Å². The Kier molecular flexibility index (Phi) is 8.49. The number of aromatic nitrogens is 1. The summed E-state index contributed by atoms with van der Waals surface area (Å²) < 4.78 is 19.2. The third-order valence-electron chi connectivity index (χ3n) is 5.82. The lowest BCUT2D eigenvalue weighted by Crippen LogP contribution is -2.39. The van der Waals surface area contributed by atoms with Gasteiger partial charge in [-0.2, -0.15) is 5.26 Å². The standard InChI is InChI=1S/C28H26BrN3O5S/c1-5-35-21-14-18(13-20(29)25(21)37-12-11-30)15-22-26(33)32-24(19-9-7-16(3)8-10-19)23(27(34)36-6-2)17(4)31-28(32)38-22/h7-10,13-15,24H,5-6,12H2,1-4H3/b22-15+/t24-/m0/s1. The molecule has 0 amide bonds. The highest BCUT2D eigenvalue weighted by Crippen LogP contribution is 2.37. The predicted molar refractivity (Wildman–Crippen MR) is 148 cm³/mol. The van der Waals surface area contributed by atoms with E-state index in [0.717, 1.165) is 11.1 Å². The Labute approximate surface area is 232 Å². The Hall–Kier alpha value is -3.68. The van der Waals surface area contributed by atoms with Gasteiger partial charge >= 0.3 is 5.97 Å². The number of aryl methyl sites for hydroxylation is 1. The number of halogens is 1. The number of carbonyl (C=O) groups excluding carboxylic acids is 1. The number of rotatable bonds is 8. The van der Waals surface area contributed by atoms with Crippen molar-refractivity contribution in [1.82, 2.24) is 4.57 Å². The van der Waals surface area contributed by atoms with Crippen LogP contribution in [0.3, 0.4) is 0 Å². The van der Waals surface area contributed by atoms with Crippen LogP contribution < -0.4 is 24.4 Å². The van der Waals surface area contributed by atoms with Gasteiger partial charge in [0.1, 0.15) is 6.07 Å². The molecule has 2 heterocycles. The molecule has 0 spiro atoms. The number of nitrogens with zero attached hydrogens (tertiary/aromatic N) is 3. The van der Waals surface area contributed by atoms with Gasteiger partial charge in [0, 0.05) is 0 Å². The molecule has 0 saturated carbocycles. The molecular formula is C28H26BrN3O5S. The van der Waals surface area contributed by atoms with E-state index < -0.39 is 12.0 Å². The summed E-state index contributed by atoms with van der Waals surface area (Å²) in [6, 6.07) is 12.6. The average molecular weight is 597 g/mol. The summed E-state index contributed by atoms with van der Waals surface area (Å²) in [5.74, 6) is 0.377. The second-order valence-corrected chi connectivity index (χ2v) is 10.3. The number of hydrogen-bond donors (Lipinski definition) is 0. The van der Waals surface area contributed by atoms with E-state index >= 15 is 0 Å². The van der Waals surface area contributed by atoms with Crippen molar-refractivity contribution in [3.05, 3.63) is 88.5 Å². The molecule has 0 N–H and O–H groups in total. The molecular weight excluding hydrogens is 570 g/mol. The van der Waals surface area contributed by atoms with Gasteiger partial charge in [-0.3, -0.25) is 9.36 Å². The largest absolute Gasteiger partial charge is 0.490 e. The fraction of sp³-hybridized carbons (Fsp3) is 0.286. The highest BCUT2D eigenvalue weighted by molar-refractivity contribution is 9.10. The van der Waals surface area contributed by atoms with E-state index in [0.29, 0.717) is 48.7 Å². The van der Waals surface area contributed by atoms with Crippen molar-refractivity contribution in [2.24, 2.45) is 4.99 Å². The fourth-order valence-corrected chi connectivity index (χ4v) is 5.81. The summed E-state index contributed by atoms with van der Waals surface area (Å²) in [4.78, 5) is 31.9. The molecule has 0 saturated heterocycles. The average Bonchev–Trinajstić information content (AvgIpc) is 3.17. The minimum absolute atomic E-state index is 0.127. The van der Waals surface area contributed by atoms with E-state index in [1.54, 1.807) is 36.6 Å². The number of carbonyl (C=O) groups is 1. The first-order valence-corrected chi connectivity index (χ1v) is 13.6. The van der Waals surface area contributed by atoms with Gasteiger partial charge in [-0.15, -0.1) is 0 Å². The summed E-state index contributed by atoms with van der Waals surface area (Å²) in [7, 11) is 0. The number of thiazole rings is 1. The number of hydrogen-bond acceptors (Lipinski definition) is 8. The van der Waals surface area contributed by atoms with E-state index in [9.17, 15) is 9.59 Å². The van der Waals surface area contributed by atoms with Crippen LogP contribution in [-0.4, -0.2) is 30.4 Å². The van der Waals surface area contributed by atoms with Crippen molar-refractivity contribution in [2.75, 3.05) is 19.8 Å². The fourth-order valence-electron chi connectivity index (χ4n) is 4.19. The first-order chi connectivity index (χ1) is 18.3. The van der Waals surface area contributed by atoms with Gasteiger partial charge < -0.3 is 14.2 Å². The minimum Gasteiger partial charge on any atom is -0.490 e. The Morgan fingerprint density at radius 2 is 1.92 bits per heavy atom. The maximum Gasteiger partial charge on any atom is 0.338 e. The smallest absolute Gasteiger partial charge is 0.338 e. The topological polar surface area (TPSA) is 103 Å². The molecule has 0 unspecified atom stereocenters. The molecule has 1 aliphatic rings. The van der Waals surface area contributed by atoms with Crippen LogP contribution in [0.4, 0.5) is 0 Å². The van der Waals surface area contributed by atoms with Crippen LogP contribution in [0.1, 0.15) is 43.5 Å². The van der Waals surface area contributed by atoms with Crippen molar-refractivity contribution >= 4 is 39.3 Å². The van der Waals surface area contributed by atoms with Gasteiger partial charge in [0.25, 0.3) is 5.56 Å². The molecule has 1 atom stereocenters. The van der Waals surface area contributed by atoms with Crippen LogP contribution in [-0.2, 0) is 9.53 Å². The van der Waals surface area contributed by atoms with Gasteiger partial charge in [-0.05, 0) is 73.0 Å². The normalized spacial score (nSPS) is 14.9. The number of nitriles is 1. The van der Waals surface area contributed by atoms with Gasteiger partial charge in [0.05, 0.1) is 39.5 Å². The monoisotopic (exact) mass is 595 g/mol. The number of benzene rings is 2. The van der Waals surface area contributed by atoms with E-state index in [1.165, 1.54) is 11.3 Å². The van der Waals surface area contributed by atoms with E-state index in [1.807, 2.05) is 44.2 Å². The number of allylic oxidation sites excluding steroid dienone is 1. The third kappa shape index (κ3) is 5.44. The molecule has 38 heavy (non-hydrogen) atoms. The van der Waals surface area contributed by atoms with Gasteiger partial charge in [-0.25, -0.2) is 9.79 Å². The molecule has 8 nitrogen and oxygen atoms in total. The van der Waals surface area contributed by atoms with Crippen molar-refractivity contribution in [3.63, 3.8) is 0 Å². The minimum atomic E-state index is -0.666. The maximum absolute atomic E-state index is 13.8. The second kappa shape index (κ2) is 11.8. The molecule has 10 heteroatoms.